The molecule has 1 N–H and O–H groups in total. The van der Waals surface area contributed by atoms with Crippen molar-refractivity contribution in [3.63, 3.8) is 0 Å². The highest BCUT2D eigenvalue weighted by Crippen LogP contribution is 2.33. The van der Waals surface area contributed by atoms with Crippen LogP contribution in [0.4, 0.5) is 5.69 Å². The second-order valence-corrected chi connectivity index (χ2v) is 6.73. The first-order valence-corrected chi connectivity index (χ1v) is 9.40. The number of aliphatic carboxylic acids is 1. The Morgan fingerprint density at radius 2 is 1.55 bits per heavy atom. The van der Waals surface area contributed by atoms with E-state index in [1.54, 1.807) is 14.2 Å². The van der Waals surface area contributed by atoms with Gasteiger partial charge in [0.25, 0.3) is 0 Å². The topological polar surface area (TPSA) is 59.0 Å². The molecular formula is C24H25NO4. The maximum absolute atomic E-state index is 11.0. The van der Waals surface area contributed by atoms with Gasteiger partial charge in [-0.3, -0.25) is 4.79 Å². The van der Waals surface area contributed by atoms with E-state index in [4.69, 9.17) is 14.6 Å². The van der Waals surface area contributed by atoms with E-state index in [1.165, 1.54) is 5.56 Å². The number of para-hydroxylation sites is 1. The van der Waals surface area contributed by atoms with Crippen molar-refractivity contribution in [3.05, 3.63) is 89.5 Å². The third-order valence-electron chi connectivity index (χ3n) is 4.72. The van der Waals surface area contributed by atoms with Crippen LogP contribution in [0.25, 0.3) is 0 Å². The molecule has 3 aromatic carbocycles. The van der Waals surface area contributed by atoms with Gasteiger partial charge < -0.3 is 19.5 Å². The molecule has 3 aromatic rings. The molecule has 0 aliphatic rings. The summed E-state index contributed by atoms with van der Waals surface area (Å²) in [5, 5.41) is 9.01. The second kappa shape index (κ2) is 9.64. The van der Waals surface area contributed by atoms with Crippen molar-refractivity contribution < 1.29 is 19.4 Å². The lowest BCUT2D eigenvalue weighted by molar-refractivity contribution is -0.136. The summed E-state index contributed by atoms with van der Waals surface area (Å²) in [5.74, 6) is 0.581. The smallest absolute Gasteiger partial charge is 0.307 e. The SMILES string of the molecule is COc1cccc(CN(Cc2ccccc2)c2ccc(CC(=O)O)cc2)c1OC. The first kappa shape index (κ1) is 20.3. The maximum Gasteiger partial charge on any atom is 0.307 e. The molecule has 0 aliphatic carbocycles. The van der Waals surface area contributed by atoms with Crippen LogP contribution in [0.15, 0.2) is 72.8 Å². The Morgan fingerprint density at radius 3 is 2.17 bits per heavy atom. The van der Waals surface area contributed by atoms with Gasteiger partial charge in [0.15, 0.2) is 11.5 Å². The molecule has 0 fully saturated rings. The number of hydrogen-bond donors (Lipinski definition) is 1. The number of rotatable bonds is 9. The van der Waals surface area contributed by atoms with E-state index in [0.717, 1.165) is 22.6 Å². The summed E-state index contributed by atoms with van der Waals surface area (Å²) >= 11 is 0. The maximum atomic E-state index is 11.0. The molecule has 0 saturated heterocycles. The fourth-order valence-corrected chi connectivity index (χ4v) is 3.33. The minimum absolute atomic E-state index is 0.0165. The highest BCUT2D eigenvalue weighted by Gasteiger charge is 2.15. The predicted octanol–water partition coefficient (Wildman–Crippen LogP) is 4.54. The van der Waals surface area contributed by atoms with Crippen molar-refractivity contribution in [3.8, 4) is 11.5 Å². The molecule has 0 aromatic heterocycles. The lowest BCUT2D eigenvalue weighted by Crippen LogP contribution is -2.22. The summed E-state index contributed by atoms with van der Waals surface area (Å²) in [6, 6.07) is 23.8. The van der Waals surface area contributed by atoms with Crippen LogP contribution in [-0.4, -0.2) is 25.3 Å². The lowest BCUT2D eigenvalue weighted by Gasteiger charge is -2.26. The van der Waals surface area contributed by atoms with Crippen molar-refractivity contribution in [1.29, 1.82) is 0 Å². The van der Waals surface area contributed by atoms with Gasteiger partial charge in [-0.05, 0) is 29.3 Å². The molecule has 0 heterocycles. The number of carboxylic acids is 1. The van der Waals surface area contributed by atoms with Gasteiger partial charge in [-0.1, -0.05) is 54.6 Å². The molecule has 3 rings (SSSR count). The van der Waals surface area contributed by atoms with E-state index in [1.807, 2.05) is 60.7 Å². The zero-order valence-corrected chi connectivity index (χ0v) is 16.7. The van der Waals surface area contributed by atoms with Crippen LogP contribution in [0.5, 0.6) is 11.5 Å². The normalized spacial score (nSPS) is 10.4. The van der Waals surface area contributed by atoms with Gasteiger partial charge in [-0.25, -0.2) is 0 Å². The molecule has 0 saturated carbocycles. The van der Waals surface area contributed by atoms with Crippen LogP contribution >= 0.6 is 0 Å². The highest BCUT2D eigenvalue weighted by atomic mass is 16.5. The molecule has 0 atom stereocenters. The molecule has 0 spiro atoms. The van der Waals surface area contributed by atoms with Crippen LogP contribution in [0.3, 0.4) is 0 Å². The molecule has 0 amide bonds. The minimum atomic E-state index is -0.833. The monoisotopic (exact) mass is 391 g/mol. The van der Waals surface area contributed by atoms with E-state index in [2.05, 4.69) is 17.0 Å². The molecule has 29 heavy (non-hydrogen) atoms. The molecule has 5 heteroatoms. The number of carbonyl (C=O) groups is 1. The zero-order chi connectivity index (χ0) is 20.6. The first-order chi connectivity index (χ1) is 14.1. The van der Waals surface area contributed by atoms with Gasteiger partial charge >= 0.3 is 5.97 Å². The quantitative estimate of drug-likeness (QED) is 0.580. The Balaban J connectivity index is 1.92. The van der Waals surface area contributed by atoms with Crippen LogP contribution in [0, 0.1) is 0 Å². The average Bonchev–Trinajstić information content (AvgIpc) is 2.74. The van der Waals surface area contributed by atoms with E-state index < -0.39 is 5.97 Å². The number of ether oxygens (including phenoxy) is 2. The van der Waals surface area contributed by atoms with Crippen molar-refractivity contribution >= 4 is 11.7 Å². The molecule has 0 aliphatic heterocycles. The molecule has 150 valence electrons. The highest BCUT2D eigenvalue weighted by molar-refractivity contribution is 5.70. The summed E-state index contributed by atoms with van der Waals surface area (Å²) in [7, 11) is 3.27. The standard InChI is InChI=1S/C24H25NO4/c1-28-22-10-6-9-20(24(22)29-2)17-25(16-19-7-4-3-5-8-19)21-13-11-18(12-14-21)15-23(26)27/h3-14H,15-17H2,1-2H3,(H,26,27). The Morgan fingerprint density at radius 1 is 0.828 bits per heavy atom. The Kier molecular flexibility index (Phi) is 6.74. The molecule has 0 bridgehead atoms. The van der Waals surface area contributed by atoms with Gasteiger partial charge in [0.1, 0.15) is 0 Å². The fraction of sp³-hybridized carbons (Fsp3) is 0.208. The Hall–Kier alpha value is -3.47. The Labute approximate surface area is 171 Å². The van der Waals surface area contributed by atoms with E-state index in [-0.39, 0.29) is 6.42 Å². The molecule has 0 unspecified atom stereocenters. The summed E-state index contributed by atoms with van der Waals surface area (Å²) in [6.07, 6.45) is 0.0165. The molecule has 0 radical (unpaired) electrons. The van der Waals surface area contributed by atoms with Gasteiger partial charge in [-0.15, -0.1) is 0 Å². The number of nitrogens with zero attached hydrogens (tertiary/aromatic N) is 1. The van der Waals surface area contributed by atoms with Gasteiger partial charge in [0.2, 0.25) is 0 Å². The largest absolute Gasteiger partial charge is 0.493 e. The fourth-order valence-electron chi connectivity index (χ4n) is 3.33. The summed E-state index contributed by atoms with van der Waals surface area (Å²) < 4.78 is 11.0. The summed E-state index contributed by atoms with van der Waals surface area (Å²) in [5.41, 5.74) is 3.98. The predicted molar refractivity (Wildman–Crippen MR) is 114 cm³/mol. The van der Waals surface area contributed by atoms with Gasteiger partial charge in [0.05, 0.1) is 20.6 Å². The van der Waals surface area contributed by atoms with E-state index >= 15 is 0 Å². The third-order valence-corrected chi connectivity index (χ3v) is 4.72. The van der Waals surface area contributed by atoms with Crippen molar-refractivity contribution in [2.45, 2.75) is 19.5 Å². The van der Waals surface area contributed by atoms with Crippen molar-refractivity contribution in [2.24, 2.45) is 0 Å². The number of carboxylic acid groups (broad SMARTS) is 1. The lowest BCUT2D eigenvalue weighted by atomic mass is 10.1. The van der Waals surface area contributed by atoms with Crippen LogP contribution < -0.4 is 14.4 Å². The number of anilines is 1. The van der Waals surface area contributed by atoms with Crippen molar-refractivity contribution in [1.82, 2.24) is 0 Å². The Bertz CT molecular complexity index is 939. The summed E-state index contributed by atoms with van der Waals surface area (Å²) in [6.45, 7) is 1.33. The summed E-state index contributed by atoms with van der Waals surface area (Å²) in [4.78, 5) is 13.2. The van der Waals surface area contributed by atoms with E-state index in [9.17, 15) is 4.79 Å². The second-order valence-electron chi connectivity index (χ2n) is 6.73. The number of hydrogen-bond acceptors (Lipinski definition) is 4. The molecule has 5 nitrogen and oxygen atoms in total. The number of methoxy groups -OCH3 is 2. The third kappa shape index (κ3) is 5.29. The zero-order valence-electron chi connectivity index (χ0n) is 16.7. The van der Waals surface area contributed by atoms with Crippen LogP contribution in [-0.2, 0) is 24.3 Å². The number of benzene rings is 3. The first-order valence-electron chi connectivity index (χ1n) is 9.40. The molecular weight excluding hydrogens is 366 g/mol. The van der Waals surface area contributed by atoms with Crippen LogP contribution in [0.1, 0.15) is 16.7 Å². The van der Waals surface area contributed by atoms with Gasteiger partial charge in [-0.2, -0.15) is 0 Å². The minimum Gasteiger partial charge on any atom is -0.493 e. The van der Waals surface area contributed by atoms with Gasteiger partial charge in [0, 0.05) is 24.3 Å². The van der Waals surface area contributed by atoms with Crippen molar-refractivity contribution in [2.75, 3.05) is 19.1 Å². The average molecular weight is 391 g/mol. The van der Waals surface area contributed by atoms with Crippen LogP contribution in [0.2, 0.25) is 0 Å². The van der Waals surface area contributed by atoms with E-state index in [0.29, 0.717) is 18.8 Å².